The van der Waals surface area contributed by atoms with Crippen LogP contribution in [-0.4, -0.2) is 4.98 Å². The number of unbranched alkanes of at least 4 members (excludes halogenated alkanes) is 1. The van der Waals surface area contributed by atoms with Gasteiger partial charge in [-0.05, 0) is 48.4 Å². The molecule has 19 heavy (non-hydrogen) atoms. The molecule has 0 spiro atoms. The van der Waals surface area contributed by atoms with Crippen LogP contribution in [0.25, 0.3) is 0 Å². The fourth-order valence-electron chi connectivity index (χ4n) is 2.10. The highest BCUT2D eigenvalue weighted by Gasteiger charge is 1.98. The predicted molar refractivity (Wildman–Crippen MR) is 81.7 cm³/mol. The molecule has 0 fully saturated rings. The lowest BCUT2D eigenvalue weighted by atomic mass is 10.0. The summed E-state index contributed by atoms with van der Waals surface area (Å²) in [7, 11) is 0. The Bertz CT molecular complexity index is 488. The van der Waals surface area contributed by atoms with E-state index in [2.05, 4.69) is 36.2 Å². The standard InChI is InChI=1S/C17H20ClN/c1-2-3-4-14-5-7-15(8-6-14)9-10-16-11-12-17(18)19-13-16/h5-8,11-13H,2-4,9-10H2,1H3. The summed E-state index contributed by atoms with van der Waals surface area (Å²) in [6.07, 6.45) is 7.65. The lowest BCUT2D eigenvalue weighted by molar-refractivity contribution is 0.794. The second kappa shape index (κ2) is 7.30. The van der Waals surface area contributed by atoms with Gasteiger partial charge in [-0.1, -0.05) is 55.3 Å². The normalized spacial score (nSPS) is 10.6. The number of nitrogens with zero attached hydrogens (tertiary/aromatic N) is 1. The number of halogens is 1. The minimum Gasteiger partial charge on any atom is -0.244 e. The number of pyridine rings is 1. The second-order valence-corrected chi connectivity index (χ2v) is 5.30. The molecule has 0 radical (unpaired) electrons. The van der Waals surface area contributed by atoms with E-state index in [1.807, 2.05) is 18.3 Å². The second-order valence-electron chi connectivity index (χ2n) is 4.91. The topological polar surface area (TPSA) is 12.9 Å². The van der Waals surface area contributed by atoms with Crippen LogP contribution in [0.4, 0.5) is 0 Å². The fourth-order valence-corrected chi connectivity index (χ4v) is 2.21. The first-order valence-electron chi connectivity index (χ1n) is 6.96. The van der Waals surface area contributed by atoms with Crippen LogP contribution in [0.15, 0.2) is 42.6 Å². The highest BCUT2D eigenvalue weighted by Crippen LogP contribution is 2.12. The lowest BCUT2D eigenvalue weighted by Crippen LogP contribution is -1.93. The maximum Gasteiger partial charge on any atom is 0.129 e. The molecule has 0 aliphatic heterocycles. The van der Waals surface area contributed by atoms with Gasteiger partial charge in [-0.3, -0.25) is 0 Å². The van der Waals surface area contributed by atoms with Gasteiger partial charge in [0.2, 0.25) is 0 Å². The highest BCUT2D eigenvalue weighted by molar-refractivity contribution is 6.29. The summed E-state index contributed by atoms with van der Waals surface area (Å²) >= 11 is 5.78. The smallest absolute Gasteiger partial charge is 0.129 e. The Morgan fingerprint density at radius 2 is 1.42 bits per heavy atom. The Labute approximate surface area is 120 Å². The monoisotopic (exact) mass is 273 g/mol. The summed E-state index contributed by atoms with van der Waals surface area (Å²) in [6.45, 7) is 2.23. The van der Waals surface area contributed by atoms with Crippen LogP contribution in [0, 0.1) is 0 Å². The van der Waals surface area contributed by atoms with Crippen molar-refractivity contribution in [2.45, 2.75) is 39.0 Å². The van der Waals surface area contributed by atoms with E-state index in [0.29, 0.717) is 5.15 Å². The van der Waals surface area contributed by atoms with Gasteiger partial charge >= 0.3 is 0 Å². The summed E-state index contributed by atoms with van der Waals surface area (Å²) < 4.78 is 0. The Kier molecular flexibility index (Phi) is 5.41. The molecule has 0 atom stereocenters. The molecule has 0 aliphatic rings. The molecule has 0 saturated heterocycles. The van der Waals surface area contributed by atoms with E-state index in [0.717, 1.165) is 12.8 Å². The molecule has 0 aliphatic carbocycles. The minimum atomic E-state index is 0.559. The molecule has 0 unspecified atom stereocenters. The van der Waals surface area contributed by atoms with Crippen LogP contribution in [0.5, 0.6) is 0 Å². The van der Waals surface area contributed by atoms with Gasteiger partial charge < -0.3 is 0 Å². The first-order valence-corrected chi connectivity index (χ1v) is 7.34. The Hall–Kier alpha value is -1.34. The van der Waals surface area contributed by atoms with Crippen molar-refractivity contribution in [3.63, 3.8) is 0 Å². The molecule has 0 bridgehead atoms. The van der Waals surface area contributed by atoms with Crippen molar-refractivity contribution in [1.29, 1.82) is 0 Å². The highest BCUT2D eigenvalue weighted by atomic mass is 35.5. The zero-order valence-electron chi connectivity index (χ0n) is 11.4. The average Bonchev–Trinajstić information content (AvgIpc) is 2.46. The first kappa shape index (κ1) is 14.1. The van der Waals surface area contributed by atoms with Crippen LogP contribution in [0.2, 0.25) is 5.15 Å². The molecule has 0 saturated carbocycles. The molecule has 0 amide bonds. The molecular weight excluding hydrogens is 254 g/mol. The third kappa shape index (κ3) is 4.68. The molecule has 1 aromatic carbocycles. The molecule has 2 rings (SSSR count). The number of hydrogen-bond donors (Lipinski definition) is 0. The summed E-state index contributed by atoms with van der Waals surface area (Å²) in [4.78, 5) is 4.10. The Morgan fingerprint density at radius 3 is 2.00 bits per heavy atom. The lowest BCUT2D eigenvalue weighted by Gasteiger charge is -2.04. The summed E-state index contributed by atoms with van der Waals surface area (Å²) in [6, 6.07) is 12.9. The fraction of sp³-hybridized carbons (Fsp3) is 0.353. The van der Waals surface area contributed by atoms with E-state index in [4.69, 9.17) is 11.6 Å². The van der Waals surface area contributed by atoms with Crippen molar-refractivity contribution in [2.24, 2.45) is 0 Å². The Morgan fingerprint density at radius 1 is 0.842 bits per heavy atom. The molecule has 1 aromatic heterocycles. The van der Waals surface area contributed by atoms with Gasteiger partial charge in [0.25, 0.3) is 0 Å². The SMILES string of the molecule is CCCCc1ccc(CCc2ccc(Cl)nc2)cc1. The third-order valence-electron chi connectivity index (χ3n) is 3.33. The van der Waals surface area contributed by atoms with Crippen molar-refractivity contribution in [1.82, 2.24) is 4.98 Å². The van der Waals surface area contributed by atoms with Crippen LogP contribution in [0.1, 0.15) is 36.5 Å². The maximum atomic E-state index is 5.78. The summed E-state index contributed by atoms with van der Waals surface area (Å²) in [5.74, 6) is 0. The van der Waals surface area contributed by atoms with E-state index in [-0.39, 0.29) is 0 Å². The van der Waals surface area contributed by atoms with E-state index in [1.165, 1.54) is 36.0 Å². The molecule has 2 aromatic rings. The van der Waals surface area contributed by atoms with Crippen LogP contribution < -0.4 is 0 Å². The van der Waals surface area contributed by atoms with Gasteiger partial charge in [0.15, 0.2) is 0 Å². The number of aryl methyl sites for hydroxylation is 3. The summed E-state index contributed by atoms with van der Waals surface area (Å²) in [5.41, 5.74) is 4.06. The number of rotatable bonds is 6. The molecule has 0 N–H and O–H groups in total. The van der Waals surface area contributed by atoms with Crippen molar-refractivity contribution in [3.8, 4) is 0 Å². The van der Waals surface area contributed by atoms with Crippen LogP contribution in [-0.2, 0) is 19.3 Å². The van der Waals surface area contributed by atoms with Crippen molar-refractivity contribution in [2.75, 3.05) is 0 Å². The van der Waals surface area contributed by atoms with E-state index >= 15 is 0 Å². The van der Waals surface area contributed by atoms with Crippen molar-refractivity contribution < 1.29 is 0 Å². The van der Waals surface area contributed by atoms with Crippen LogP contribution >= 0.6 is 11.6 Å². The van der Waals surface area contributed by atoms with E-state index < -0.39 is 0 Å². The minimum absolute atomic E-state index is 0.559. The Balaban J connectivity index is 1.87. The van der Waals surface area contributed by atoms with E-state index in [9.17, 15) is 0 Å². The zero-order valence-corrected chi connectivity index (χ0v) is 12.2. The molecule has 1 nitrogen and oxygen atoms in total. The predicted octanol–water partition coefficient (Wildman–Crippen LogP) is 4.86. The molecule has 2 heteroatoms. The average molecular weight is 274 g/mol. The van der Waals surface area contributed by atoms with Gasteiger partial charge in [0.05, 0.1) is 0 Å². The quantitative estimate of drug-likeness (QED) is 0.685. The number of aromatic nitrogens is 1. The van der Waals surface area contributed by atoms with Gasteiger partial charge in [-0.25, -0.2) is 4.98 Å². The first-order chi connectivity index (χ1) is 9.28. The van der Waals surface area contributed by atoms with Crippen molar-refractivity contribution >= 4 is 11.6 Å². The van der Waals surface area contributed by atoms with Gasteiger partial charge in [-0.2, -0.15) is 0 Å². The third-order valence-corrected chi connectivity index (χ3v) is 3.56. The van der Waals surface area contributed by atoms with Gasteiger partial charge in [-0.15, -0.1) is 0 Å². The largest absolute Gasteiger partial charge is 0.244 e. The van der Waals surface area contributed by atoms with Crippen molar-refractivity contribution in [3.05, 3.63) is 64.4 Å². The van der Waals surface area contributed by atoms with Gasteiger partial charge in [0, 0.05) is 6.20 Å². The summed E-state index contributed by atoms with van der Waals surface area (Å²) in [5, 5.41) is 0.559. The molecule has 100 valence electrons. The maximum absolute atomic E-state index is 5.78. The molecule has 1 heterocycles. The van der Waals surface area contributed by atoms with E-state index in [1.54, 1.807) is 0 Å². The number of hydrogen-bond acceptors (Lipinski definition) is 1. The van der Waals surface area contributed by atoms with Crippen LogP contribution in [0.3, 0.4) is 0 Å². The zero-order chi connectivity index (χ0) is 13.5. The van der Waals surface area contributed by atoms with Gasteiger partial charge in [0.1, 0.15) is 5.15 Å². The molecular formula is C17H20ClN. The number of benzene rings is 1.